The molecule has 1 fully saturated rings. The fourth-order valence-electron chi connectivity index (χ4n) is 4.08. The number of carbonyl (C=O) groups excluding carboxylic acids is 1. The van der Waals surface area contributed by atoms with Gasteiger partial charge in [0.15, 0.2) is 11.5 Å². The average molecular weight is 352 g/mol. The van der Waals surface area contributed by atoms with E-state index in [1.165, 1.54) is 16.7 Å². The number of nitrogens with zero attached hydrogens (tertiary/aromatic N) is 2. The highest BCUT2D eigenvalue weighted by molar-refractivity contribution is 5.80. The third kappa shape index (κ3) is 3.03. The topological polar surface area (TPSA) is 42.0 Å². The first-order valence-corrected chi connectivity index (χ1v) is 9.00. The van der Waals surface area contributed by atoms with Crippen molar-refractivity contribution in [2.45, 2.75) is 19.0 Å². The quantitative estimate of drug-likeness (QED) is 0.848. The predicted octanol–water partition coefficient (Wildman–Crippen LogP) is 2.65. The fraction of sp³-hybridized carbons (Fsp3) is 0.381. The van der Waals surface area contributed by atoms with Crippen molar-refractivity contribution in [3.63, 3.8) is 0 Å². The molecule has 1 saturated heterocycles. The Hall–Kier alpha value is -2.53. The lowest BCUT2D eigenvalue weighted by Crippen LogP contribution is -2.53. The first-order chi connectivity index (χ1) is 12.7. The third-order valence-corrected chi connectivity index (χ3v) is 5.36. The van der Waals surface area contributed by atoms with Gasteiger partial charge in [0.05, 0.1) is 26.8 Å². The standard InChI is InChI=1S/C21H24N2O3/c1-25-19-10-16-8-9-23-18(17(16)11-20(19)26-2)13-22(14-21(23)24)12-15-6-4-3-5-7-15/h3-7,10-11,18H,8-9,12-14H2,1-2H3. The summed E-state index contributed by atoms with van der Waals surface area (Å²) < 4.78 is 10.9. The lowest BCUT2D eigenvalue weighted by atomic mass is 9.90. The van der Waals surface area contributed by atoms with Crippen LogP contribution in [0, 0.1) is 0 Å². The van der Waals surface area contributed by atoms with Crippen LogP contribution in [0.2, 0.25) is 0 Å². The number of ether oxygens (including phenoxy) is 2. The van der Waals surface area contributed by atoms with Crippen molar-refractivity contribution in [1.82, 2.24) is 9.80 Å². The molecule has 0 spiro atoms. The number of amides is 1. The van der Waals surface area contributed by atoms with E-state index < -0.39 is 0 Å². The van der Waals surface area contributed by atoms with Crippen molar-refractivity contribution in [2.75, 3.05) is 33.9 Å². The molecule has 26 heavy (non-hydrogen) atoms. The molecule has 1 unspecified atom stereocenters. The molecule has 2 aromatic rings. The van der Waals surface area contributed by atoms with Gasteiger partial charge in [-0.1, -0.05) is 30.3 Å². The van der Waals surface area contributed by atoms with Gasteiger partial charge in [-0.3, -0.25) is 9.69 Å². The summed E-state index contributed by atoms with van der Waals surface area (Å²) in [4.78, 5) is 17.0. The molecule has 136 valence electrons. The molecular weight excluding hydrogens is 328 g/mol. The van der Waals surface area contributed by atoms with Crippen LogP contribution >= 0.6 is 0 Å². The number of benzene rings is 2. The second-order valence-electron chi connectivity index (χ2n) is 6.91. The Morgan fingerprint density at radius 2 is 1.81 bits per heavy atom. The monoisotopic (exact) mass is 352 g/mol. The van der Waals surface area contributed by atoms with Crippen LogP contribution in [0.25, 0.3) is 0 Å². The zero-order valence-corrected chi connectivity index (χ0v) is 15.3. The number of piperazine rings is 1. The van der Waals surface area contributed by atoms with Crippen LogP contribution in [0.1, 0.15) is 22.7 Å². The normalized spacial score (nSPS) is 19.7. The molecule has 2 aromatic carbocycles. The van der Waals surface area contributed by atoms with Gasteiger partial charge in [-0.2, -0.15) is 0 Å². The summed E-state index contributed by atoms with van der Waals surface area (Å²) in [6.07, 6.45) is 0.858. The second-order valence-corrected chi connectivity index (χ2v) is 6.91. The molecule has 0 N–H and O–H groups in total. The molecule has 2 aliphatic heterocycles. The van der Waals surface area contributed by atoms with Gasteiger partial charge in [0.2, 0.25) is 5.91 Å². The summed E-state index contributed by atoms with van der Waals surface area (Å²) in [6, 6.07) is 14.5. The van der Waals surface area contributed by atoms with Crippen molar-refractivity contribution >= 4 is 5.91 Å². The molecule has 5 heteroatoms. The van der Waals surface area contributed by atoms with Crippen LogP contribution in [0.15, 0.2) is 42.5 Å². The van der Waals surface area contributed by atoms with Crippen LogP contribution in [0.5, 0.6) is 11.5 Å². The van der Waals surface area contributed by atoms with Gasteiger partial charge in [-0.05, 0) is 35.2 Å². The molecule has 1 atom stereocenters. The van der Waals surface area contributed by atoms with Crippen LogP contribution in [-0.2, 0) is 17.8 Å². The minimum atomic E-state index is 0.0727. The molecule has 5 nitrogen and oxygen atoms in total. The van der Waals surface area contributed by atoms with Crippen LogP contribution in [-0.4, -0.2) is 49.6 Å². The summed E-state index contributed by atoms with van der Waals surface area (Å²) in [5.41, 5.74) is 3.66. The molecule has 1 amide bonds. The highest BCUT2D eigenvalue weighted by Gasteiger charge is 2.37. The van der Waals surface area contributed by atoms with Crippen molar-refractivity contribution in [1.29, 1.82) is 0 Å². The number of fused-ring (bicyclic) bond motifs is 3. The van der Waals surface area contributed by atoms with E-state index in [0.29, 0.717) is 6.54 Å². The Morgan fingerprint density at radius 3 is 2.54 bits per heavy atom. The summed E-state index contributed by atoms with van der Waals surface area (Å²) in [5, 5.41) is 0. The molecular formula is C21H24N2O3. The second kappa shape index (κ2) is 7.00. The number of carbonyl (C=O) groups is 1. The molecule has 0 saturated carbocycles. The van der Waals surface area contributed by atoms with Crippen molar-refractivity contribution in [3.8, 4) is 11.5 Å². The maximum atomic E-state index is 12.7. The van der Waals surface area contributed by atoms with Gasteiger partial charge in [-0.25, -0.2) is 0 Å². The van der Waals surface area contributed by atoms with E-state index in [-0.39, 0.29) is 11.9 Å². The van der Waals surface area contributed by atoms with E-state index in [0.717, 1.165) is 37.6 Å². The van der Waals surface area contributed by atoms with Crippen LogP contribution in [0.3, 0.4) is 0 Å². The van der Waals surface area contributed by atoms with E-state index in [1.807, 2.05) is 29.2 Å². The Bertz CT molecular complexity index is 806. The summed E-state index contributed by atoms with van der Waals surface area (Å²) in [5.74, 6) is 1.68. The molecule has 2 heterocycles. The zero-order valence-electron chi connectivity index (χ0n) is 15.3. The number of methoxy groups -OCH3 is 2. The number of hydrogen-bond donors (Lipinski definition) is 0. The van der Waals surface area contributed by atoms with Crippen molar-refractivity contribution < 1.29 is 14.3 Å². The Kier molecular flexibility index (Phi) is 4.55. The third-order valence-electron chi connectivity index (χ3n) is 5.36. The van der Waals surface area contributed by atoms with E-state index in [2.05, 4.69) is 23.1 Å². The Labute approximate surface area is 154 Å². The van der Waals surface area contributed by atoms with Crippen LogP contribution < -0.4 is 9.47 Å². The smallest absolute Gasteiger partial charge is 0.237 e. The van der Waals surface area contributed by atoms with Crippen molar-refractivity contribution in [3.05, 3.63) is 59.2 Å². The molecule has 4 rings (SSSR count). The lowest BCUT2D eigenvalue weighted by molar-refractivity contribution is -0.140. The number of hydrogen-bond acceptors (Lipinski definition) is 4. The van der Waals surface area contributed by atoms with Gasteiger partial charge >= 0.3 is 0 Å². The first-order valence-electron chi connectivity index (χ1n) is 9.00. The maximum absolute atomic E-state index is 12.7. The molecule has 0 radical (unpaired) electrons. The van der Waals surface area contributed by atoms with Gasteiger partial charge in [0.1, 0.15) is 0 Å². The van der Waals surface area contributed by atoms with Gasteiger partial charge < -0.3 is 14.4 Å². The zero-order chi connectivity index (χ0) is 18.1. The largest absolute Gasteiger partial charge is 0.493 e. The predicted molar refractivity (Wildman–Crippen MR) is 99.4 cm³/mol. The van der Waals surface area contributed by atoms with E-state index in [1.54, 1.807) is 14.2 Å². The van der Waals surface area contributed by atoms with Gasteiger partial charge in [0, 0.05) is 19.6 Å². The summed E-state index contributed by atoms with van der Waals surface area (Å²) >= 11 is 0. The van der Waals surface area contributed by atoms with E-state index in [4.69, 9.17) is 9.47 Å². The van der Waals surface area contributed by atoms with E-state index >= 15 is 0 Å². The Balaban J connectivity index is 1.64. The highest BCUT2D eigenvalue weighted by atomic mass is 16.5. The molecule has 0 bridgehead atoms. The maximum Gasteiger partial charge on any atom is 0.237 e. The minimum Gasteiger partial charge on any atom is -0.493 e. The van der Waals surface area contributed by atoms with E-state index in [9.17, 15) is 4.79 Å². The number of rotatable bonds is 4. The van der Waals surface area contributed by atoms with Gasteiger partial charge in [-0.15, -0.1) is 0 Å². The van der Waals surface area contributed by atoms with Crippen molar-refractivity contribution in [2.24, 2.45) is 0 Å². The van der Waals surface area contributed by atoms with Gasteiger partial charge in [0.25, 0.3) is 0 Å². The Morgan fingerprint density at radius 1 is 1.08 bits per heavy atom. The SMILES string of the molecule is COc1cc2c(cc1OC)C1CN(Cc3ccccc3)CC(=O)N1CC2. The average Bonchev–Trinajstić information content (AvgIpc) is 2.67. The highest BCUT2D eigenvalue weighted by Crippen LogP contribution is 2.39. The molecule has 2 aliphatic rings. The summed E-state index contributed by atoms with van der Waals surface area (Å²) in [6.45, 7) is 2.88. The molecule has 0 aromatic heterocycles. The summed E-state index contributed by atoms with van der Waals surface area (Å²) in [7, 11) is 3.31. The fourth-order valence-corrected chi connectivity index (χ4v) is 4.08. The van der Waals surface area contributed by atoms with Crippen LogP contribution in [0.4, 0.5) is 0 Å². The molecule has 0 aliphatic carbocycles. The minimum absolute atomic E-state index is 0.0727. The first kappa shape index (κ1) is 16.9. The lowest BCUT2D eigenvalue weighted by Gasteiger charge is -2.44.